The van der Waals surface area contributed by atoms with Crippen molar-refractivity contribution in [2.24, 2.45) is 0 Å². The fourth-order valence-corrected chi connectivity index (χ4v) is 4.78. The number of carbonyl (C=O) groups is 2. The number of piperazine rings is 1. The van der Waals surface area contributed by atoms with Gasteiger partial charge in [-0.05, 0) is 31.9 Å². The molecule has 0 atom stereocenters. The normalized spacial score (nSPS) is 16.3. The molecule has 1 saturated carbocycles. The maximum absolute atomic E-state index is 15.2. The van der Waals surface area contributed by atoms with Gasteiger partial charge in [0, 0.05) is 50.7 Å². The Kier molecular flexibility index (Phi) is 5.35. The molecule has 0 spiro atoms. The third kappa shape index (κ3) is 4.08. The number of hydrogen-bond acceptors (Lipinski definition) is 7. The van der Waals surface area contributed by atoms with Crippen molar-refractivity contribution in [1.29, 1.82) is 0 Å². The molecule has 2 aromatic heterocycles. The number of carbonyl (C=O) groups excluding carboxylic acids is 2. The quantitative estimate of drug-likeness (QED) is 0.629. The largest absolute Gasteiger partial charge is 0.366 e. The Balaban J connectivity index is 1.53. The van der Waals surface area contributed by atoms with Crippen LogP contribution in [0.15, 0.2) is 23.1 Å². The zero-order valence-corrected chi connectivity index (χ0v) is 19.1. The SMILES string of the molecule is CC(=O)N1CCN(c2cc3c(cc2F)c(=O)c(C(=O)Nc2nnc(C)s2)cn3C2CC2)CC1. The third-order valence-corrected chi connectivity index (χ3v) is 6.85. The molecular weight excluding hydrogens is 447 g/mol. The van der Waals surface area contributed by atoms with Crippen molar-refractivity contribution in [2.75, 3.05) is 36.4 Å². The first kappa shape index (κ1) is 21.5. The molecule has 3 heterocycles. The number of nitrogens with zero attached hydrogens (tertiary/aromatic N) is 5. The van der Waals surface area contributed by atoms with E-state index in [1.54, 1.807) is 24.1 Å². The van der Waals surface area contributed by atoms with Gasteiger partial charge >= 0.3 is 0 Å². The summed E-state index contributed by atoms with van der Waals surface area (Å²) in [5, 5.41) is 11.5. The van der Waals surface area contributed by atoms with Crippen LogP contribution in [0.1, 0.15) is 41.2 Å². The molecule has 172 valence electrons. The van der Waals surface area contributed by atoms with Crippen molar-refractivity contribution in [1.82, 2.24) is 19.7 Å². The van der Waals surface area contributed by atoms with Gasteiger partial charge < -0.3 is 14.4 Å². The first-order chi connectivity index (χ1) is 15.8. The number of halogens is 1. The molecule has 0 radical (unpaired) electrons. The number of anilines is 2. The molecule has 0 unspecified atom stereocenters. The Morgan fingerprint density at radius 3 is 2.48 bits per heavy atom. The van der Waals surface area contributed by atoms with Crippen molar-refractivity contribution in [3.05, 3.63) is 44.9 Å². The van der Waals surface area contributed by atoms with Crippen molar-refractivity contribution in [3.8, 4) is 0 Å². The molecule has 0 bridgehead atoms. The summed E-state index contributed by atoms with van der Waals surface area (Å²) in [5.41, 5.74) is 0.439. The first-order valence-corrected chi connectivity index (χ1v) is 11.6. The lowest BCUT2D eigenvalue weighted by Crippen LogP contribution is -2.48. The summed E-state index contributed by atoms with van der Waals surface area (Å²) in [6, 6.07) is 3.09. The predicted octanol–water partition coefficient (Wildman–Crippen LogP) is 2.56. The molecule has 2 fully saturated rings. The van der Waals surface area contributed by atoms with Crippen LogP contribution in [0.4, 0.5) is 15.2 Å². The van der Waals surface area contributed by atoms with Gasteiger partial charge in [0.05, 0.1) is 11.2 Å². The van der Waals surface area contributed by atoms with Crippen molar-refractivity contribution < 1.29 is 14.0 Å². The standard InChI is InChI=1S/C22H23FN6O3S/c1-12-25-26-22(33-12)24-21(32)16-11-29(14-3-4-14)18-10-19(17(23)9-15(18)20(16)31)28-7-5-27(6-8-28)13(2)30/h9-11,14H,3-8H2,1-2H3,(H,24,26,32). The minimum atomic E-state index is -0.586. The Morgan fingerprint density at radius 2 is 1.88 bits per heavy atom. The van der Waals surface area contributed by atoms with Crippen LogP contribution in [0.5, 0.6) is 0 Å². The van der Waals surface area contributed by atoms with Crippen LogP contribution in [-0.2, 0) is 4.79 Å². The highest BCUT2D eigenvalue weighted by molar-refractivity contribution is 7.15. The highest BCUT2D eigenvalue weighted by Crippen LogP contribution is 2.38. The van der Waals surface area contributed by atoms with E-state index < -0.39 is 17.2 Å². The van der Waals surface area contributed by atoms with Crippen LogP contribution in [0.3, 0.4) is 0 Å². The van der Waals surface area contributed by atoms with Gasteiger partial charge in [0.25, 0.3) is 5.91 Å². The molecule has 1 aliphatic carbocycles. The maximum Gasteiger partial charge on any atom is 0.262 e. The smallest absolute Gasteiger partial charge is 0.262 e. The third-order valence-electron chi connectivity index (χ3n) is 6.10. The number of amides is 2. The van der Waals surface area contributed by atoms with E-state index in [9.17, 15) is 14.4 Å². The second-order valence-electron chi connectivity index (χ2n) is 8.40. The van der Waals surface area contributed by atoms with Crippen LogP contribution in [-0.4, -0.2) is 57.7 Å². The molecular formula is C22H23FN6O3S. The molecule has 2 amide bonds. The second-order valence-corrected chi connectivity index (χ2v) is 9.59. The Bertz CT molecular complexity index is 1320. The van der Waals surface area contributed by atoms with Crippen LogP contribution >= 0.6 is 11.3 Å². The number of aromatic nitrogens is 3. The molecule has 33 heavy (non-hydrogen) atoms. The number of benzene rings is 1. The van der Waals surface area contributed by atoms with E-state index in [-0.39, 0.29) is 22.9 Å². The number of aryl methyl sites for hydroxylation is 1. The van der Waals surface area contributed by atoms with Gasteiger partial charge in [0.15, 0.2) is 0 Å². The van der Waals surface area contributed by atoms with Crippen molar-refractivity contribution >= 4 is 44.9 Å². The Hall–Kier alpha value is -3.34. The van der Waals surface area contributed by atoms with Crippen LogP contribution in [0.2, 0.25) is 0 Å². The predicted molar refractivity (Wildman–Crippen MR) is 124 cm³/mol. The average Bonchev–Trinajstić information content (AvgIpc) is 3.55. The summed E-state index contributed by atoms with van der Waals surface area (Å²) in [6.07, 6.45) is 3.43. The molecule has 1 N–H and O–H groups in total. The zero-order chi connectivity index (χ0) is 23.3. The van der Waals surface area contributed by atoms with E-state index in [2.05, 4.69) is 15.5 Å². The van der Waals surface area contributed by atoms with Gasteiger partial charge in [-0.1, -0.05) is 11.3 Å². The first-order valence-electron chi connectivity index (χ1n) is 10.8. The Morgan fingerprint density at radius 1 is 1.15 bits per heavy atom. The fourth-order valence-electron chi connectivity index (χ4n) is 4.19. The van der Waals surface area contributed by atoms with E-state index in [0.717, 1.165) is 12.8 Å². The number of rotatable bonds is 4. The highest BCUT2D eigenvalue weighted by atomic mass is 32.1. The maximum atomic E-state index is 15.2. The van der Waals surface area contributed by atoms with E-state index in [0.29, 0.717) is 47.5 Å². The molecule has 9 nitrogen and oxygen atoms in total. The van der Waals surface area contributed by atoms with Gasteiger partial charge in [-0.15, -0.1) is 10.2 Å². The lowest BCUT2D eigenvalue weighted by Gasteiger charge is -2.36. The monoisotopic (exact) mass is 470 g/mol. The molecule has 3 aromatic rings. The van der Waals surface area contributed by atoms with Crippen molar-refractivity contribution in [3.63, 3.8) is 0 Å². The van der Waals surface area contributed by atoms with Gasteiger partial charge in [-0.3, -0.25) is 19.7 Å². The zero-order valence-electron chi connectivity index (χ0n) is 18.3. The van der Waals surface area contributed by atoms with E-state index in [1.807, 2.05) is 9.47 Å². The van der Waals surface area contributed by atoms with E-state index in [1.165, 1.54) is 24.3 Å². The van der Waals surface area contributed by atoms with E-state index in [4.69, 9.17) is 0 Å². The summed E-state index contributed by atoms with van der Waals surface area (Å²) in [6.45, 7) is 5.36. The minimum absolute atomic E-state index is 0.00528. The van der Waals surface area contributed by atoms with Crippen LogP contribution in [0.25, 0.3) is 10.9 Å². The summed E-state index contributed by atoms with van der Waals surface area (Å²) in [5.74, 6) is -1.10. The van der Waals surface area contributed by atoms with Gasteiger partial charge in [0.2, 0.25) is 16.5 Å². The molecule has 1 aliphatic heterocycles. The van der Waals surface area contributed by atoms with Crippen LogP contribution in [0, 0.1) is 12.7 Å². The highest BCUT2D eigenvalue weighted by Gasteiger charge is 2.29. The number of pyridine rings is 1. The van der Waals surface area contributed by atoms with Crippen LogP contribution < -0.4 is 15.6 Å². The summed E-state index contributed by atoms with van der Waals surface area (Å²) in [4.78, 5) is 41.3. The molecule has 1 aromatic carbocycles. The summed E-state index contributed by atoms with van der Waals surface area (Å²) >= 11 is 1.21. The molecule has 11 heteroatoms. The average molecular weight is 471 g/mol. The second kappa shape index (κ2) is 8.22. The molecule has 2 aliphatic rings. The van der Waals surface area contributed by atoms with Gasteiger partial charge in [0.1, 0.15) is 16.4 Å². The Labute approximate surface area is 192 Å². The fraction of sp³-hybridized carbons (Fsp3) is 0.409. The molecule has 1 saturated heterocycles. The summed E-state index contributed by atoms with van der Waals surface area (Å²) < 4.78 is 17.1. The van der Waals surface area contributed by atoms with Crippen molar-refractivity contribution in [2.45, 2.75) is 32.7 Å². The van der Waals surface area contributed by atoms with Gasteiger partial charge in [-0.25, -0.2) is 4.39 Å². The molecule has 5 rings (SSSR count). The topological polar surface area (TPSA) is 100 Å². The van der Waals surface area contributed by atoms with E-state index >= 15 is 4.39 Å². The number of nitrogens with one attached hydrogen (secondary N) is 1. The van der Waals surface area contributed by atoms with Gasteiger partial charge in [-0.2, -0.15) is 0 Å². The summed E-state index contributed by atoms with van der Waals surface area (Å²) in [7, 11) is 0. The lowest BCUT2D eigenvalue weighted by molar-refractivity contribution is -0.129. The minimum Gasteiger partial charge on any atom is -0.366 e. The number of hydrogen-bond donors (Lipinski definition) is 1. The number of fused-ring (bicyclic) bond motifs is 1. The lowest BCUT2D eigenvalue weighted by atomic mass is 10.1.